The molecule has 5 nitrogen and oxygen atoms in total. The number of nitrogens with zero attached hydrogens (tertiary/aromatic N) is 1. The summed E-state index contributed by atoms with van der Waals surface area (Å²) in [5.41, 5.74) is -0.869. The minimum atomic E-state index is -1.14. The Kier molecular flexibility index (Phi) is 3.66. The highest BCUT2D eigenvalue weighted by Gasteiger charge is 2.30. The number of benzene rings is 1. The standard InChI is InChI=1S/C18H18N2O3S/c1-18(22,16-8-12-4-2-3-5-15(12)24-16)10-19-17(21)13-9-14(23-20-13)11-6-7-11/h2-5,8-9,11,22H,6-7,10H2,1H3,(H,19,21)/t18-/m1/s1. The van der Waals surface area contributed by atoms with Crippen molar-refractivity contribution in [1.29, 1.82) is 0 Å². The molecule has 2 heterocycles. The van der Waals surface area contributed by atoms with Crippen molar-refractivity contribution in [2.45, 2.75) is 31.3 Å². The molecule has 0 bridgehead atoms. The van der Waals surface area contributed by atoms with E-state index in [0.717, 1.165) is 33.6 Å². The van der Waals surface area contributed by atoms with E-state index in [1.54, 1.807) is 13.0 Å². The quantitative estimate of drug-likeness (QED) is 0.745. The molecule has 1 fully saturated rings. The molecule has 124 valence electrons. The number of rotatable bonds is 5. The van der Waals surface area contributed by atoms with Crippen LogP contribution < -0.4 is 5.32 Å². The predicted molar refractivity (Wildman–Crippen MR) is 92.2 cm³/mol. The summed E-state index contributed by atoms with van der Waals surface area (Å²) < 4.78 is 6.31. The lowest BCUT2D eigenvalue weighted by atomic mass is 10.0. The molecule has 1 aliphatic rings. The Bertz CT molecular complexity index is 859. The number of amides is 1. The van der Waals surface area contributed by atoms with Gasteiger partial charge in [-0.1, -0.05) is 23.4 Å². The van der Waals surface area contributed by atoms with Gasteiger partial charge in [0, 0.05) is 21.6 Å². The van der Waals surface area contributed by atoms with Crippen molar-refractivity contribution in [1.82, 2.24) is 10.5 Å². The number of carbonyl (C=O) groups excluding carboxylic acids is 1. The van der Waals surface area contributed by atoms with Gasteiger partial charge < -0.3 is 14.9 Å². The highest BCUT2D eigenvalue weighted by molar-refractivity contribution is 7.19. The van der Waals surface area contributed by atoms with Gasteiger partial charge in [-0.05, 0) is 37.3 Å². The Labute approximate surface area is 143 Å². The predicted octanol–water partition coefficient (Wildman–Crippen LogP) is 3.40. The summed E-state index contributed by atoms with van der Waals surface area (Å²) in [5.74, 6) is 0.865. The molecule has 0 spiro atoms. The molecule has 1 aromatic carbocycles. The maximum absolute atomic E-state index is 12.2. The second-order valence-electron chi connectivity index (χ2n) is 6.49. The summed E-state index contributed by atoms with van der Waals surface area (Å²) in [6.45, 7) is 1.82. The zero-order chi connectivity index (χ0) is 16.7. The van der Waals surface area contributed by atoms with E-state index in [-0.39, 0.29) is 18.1 Å². The molecule has 0 radical (unpaired) electrons. The average Bonchev–Trinajstić information content (AvgIpc) is 3.13. The van der Waals surface area contributed by atoms with Crippen molar-refractivity contribution in [2.75, 3.05) is 6.54 Å². The number of fused-ring (bicyclic) bond motifs is 1. The van der Waals surface area contributed by atoms with Crippen LogP contribution in [0.25, 0.3) is 10.1 Å². The summed E-state index contributed by atoms with van der Waals surface area (Å²) in [5, 5.41) is 18.4. The highest BCUT2D eigenvalue weighted by atomic mass is 32.1. The van der Waals surface area contributed by atoms with E-state index in [9.17, 15) is 9.90 Å². The smallest absolute Gasteiger partial charge is 0.273 e. The van der Waals surface area contributed by atoms with Gasteiger partial charge in [0.1, 0.15) is 11.4 Å². The second kappa shape index (κ2) is 5.72. The molecule has 0 saturated heterocycles. The van der Waals surface area contributed by atoms with E-state index in [1.807, 2.05) is 30.3 Å². The third kappa shape index (κ3) is 2.95. The Morgan fingerprint density at radius 1 is 1.42 bits per heavy atom. The van der Waals surface area contributed by atoms with Gasteiger partial charge in [-0.2, -0.15) is 0 Å². The summed E-state index contributed by atoms with van der Waals surface area (Å²) in [6.07, 6.45) is 2.19. The topological polar surface area (TPSA) is 75.4 Å². The molecule has 2 aromatic heterocycles. The van der Waals surface area contributed by atoms with Gasteiger partial charge in [0.15, 0.2) is 5.69 Å². The van der Waals surface area contributed by atoms with Crippen LogP contribution in [0.4, 0.5) is 0 Å². The van der Waals surface area contributed by atoms with Crippen LogP contribution in [0.2, 0.25) is 0 Å². The van der Waals surface area contributed by atoms with Crippen LogP contribution >= 0.6 is 11.3 Å². The van der Waals surface area contributed by atoms with E-state index in [4.69, 9.17) is 4.52 Å². The molecule has 4 rings (SSSR count). The van der Waals surface area contributed by atoms with E-state index in [0.29, 0.717) is 5.92 Å². The molecule has 1 saturated carbocycles. The first-order chi connectivity index (χ1) is 11.5. The maximum Gasteiger partial charge on any atom is 0.273 e. The molecule has 0 unspecified atom stereocenters. The number of aromatic nitrogens is 1. The van der Waals surface area contributed by atoms with Crippen LogP contribution in [0, 0.1) is 0 Å². The molecule has 3 aromatic rings. The lowest BCUT2D eigenvalue weighted by Crippen LogP contribution is -2.38. The van der Waals surface area contributed by atoms with Crippen molar-refractivity contribution < 1.29 is 14.4 Å². The fraction of sp³-hybridized carbons (Fsp3) is 0.333. The van der Waals surface area contributed by atoms with Crippen LogP contribution in [0.3, 0.4) is 0 Å². The molecule has 1 atom stereocenters. The number of thiophene rings is 1. The largest absolute Gasteiger partial charge is 0.383 e. The molecule has 24 heavy (non-hydrogen) atoms. The third-order valence-electron chi connectivity index (χ3n) is 4.29. The van der Waals surface area contributed by atoms with Crippen LogP contribution in [-0.4, -0.2) is 22.7 Å². The normalized spacial score (nSPS) is 16.9. The Hall–Kier alpha value is -2.18. The van der Waals surface area contributed by atoms with Crippen molar-refractivity contribution in [3.8, 4) is 0 Å². The van der Waals surface area contributed by atoms with Gasteiger partial charge in [-0.15, -0.1) is 11.3 Å². The number of aliphatic hydroxyl groups is 1. The SMILES string of the molecule is C[C@@](O)(CNC(=O)c1cc(C2CC2)on1)c1cc2ccccc2s1. The summed E-state index contributed by atoms with van der Waals surface area (Å²) in [7, 11) is 0. The van der Waals surface area contributed by atoms with E-state index in [1.165, 1.54) is 11.3 Å². The van der Waals surface area contributed by atoms with Crippen molar-refractivity contribution in [2.24, 2.45) is 0 Å². The lowest BCUT2D eigenvalue weighted by molar-refractivity contribution is 0.0554. The second-order valence-corrected chi connectivity index (χ2v) is 7.58. The molecule has 6 heteroatoms. The first-order valence-electron chi connectivity index (χ1n) is 7.99. The first kappa shape index (κ1) is 15.4. The molecule has 0 aliphatic heterocycles. The van der Waals surface area contributed by atoms with Gasteiger partial charge in [0.25, 0.3) is 5.91 Å². The molecular formula is C18H18N2O3S. The zero-order valence-corrected chi connectivity index (χ0v) is 14.1. The Morgan fingerprint density at radius 3 is 2.96 bits per heavy atom. The number of hydrogen-bond donors (Lipinski definition) is 2. The van der Waals surface area contributed by atoms with E-state index >= 15 is 0 Å². The van der Waals surface area contributed by atoms with Crippen LogP contribution in [-0.2, 0) is 5.60 Å². The van der Waals surface area contributed by atoms with Gasteiger partial charge in [-0.3, -0.25) is 4.79 Å². The fourth-order valence-electron chi connectivity index (χ4n) is 2.63. The van der Waals surface area contributed by atoms with Crippen LogP contribution in [0.5, 0.6) is 0 Å². The van der Waals surface area contributed by atoms with Gasteiger partial charge >= 0.3 is 0 Å². The van der Waals surface area contributed by atoms with Gasteiger partial charge in [0.05, 0.1) is 6.54 Å². The molecule has 1 aliphatic carbocycles. The summed E-state index contributed by atoms with van der Waals surface area (Å²) >= 11 is 1.53. The monoisotopic (exact) mass is 342 g/mol. The Morgan fingerprint density at radius 2 is 2.21 bits per heavy atom. The minimum absolute atomic E-state index is 0.115. The van der Waals surface area contributed by atoms with Crippen molar-refractivity contribution in [3.05, 3.63) is 52.7 Å². The van der Waals surface area contributed by atoms with Crippen LogP contribution in [0.15, 0.2) is 40.9 Å². The maximum atomic E-state index is 12.2. The van der Waals surface area contributed by atoms with Crippen LogP contribution in [0.1, 0.15) is 46.8 Å². The average molecular weight is 342 g/mol. The minimum Gasteiger partial charge on any atom is -0.383 e. The first-order valence-corrected chi connectivity index (χ1v) is 8.81. The van der Waals surface area contributed by atoms with E-state index in [2.05, 4.69) is 10.5 Å². The summed E-state index contributed by atoms with van der Waals surface area (Å²) in [4.78, 5) is 13.0. The van der Waals surface area contributed by atoms with Gasteiger partial charge in [-0.25, -0.2) is 0 Å². The lowest BCUT2D eigenvalue weighted by Gasteiger charge is -2.21. The molecule has 2 N–H and O–H groups in total. The van der Waals surface area contributed by atoms with E-state index < -0.39 is 5.60 Å². The highest BCUT2D eigenvalue weighted by Crippen LogP contribution is 2.40. The zero-order valence-electron chi connectivity index (χ0n) is 13.3. The number of hydrogen-bond acceptors (Lipinski definition) is 5. The van der Waals surface area contributed by atoms with Crippen molar-refractivity contribution >= 4 is 27.3 Å². The third-order valence-corrected chi connectivity index (χ3v) is 5.66. The Balaban J connectivity index is 1.45. The number of carbonyl (C=O) groups is 1. The van der Waals surface area contributed by atoms with Gasteiger partial charge in [0.2, 0.25) is 0 Å². The molecular weight excluding hydrogens is 324 g/mol. The number of nitrogens with one attached hydrogen (secondary N) is 1. The fourth-order valence-corrected chi connectivity index (χ4v) is 3.74. The summed E-state index contributed by atoms with van der Waals surface area (Å²) in [6, 6.07) is 11.6. The molecule has 1 amide bonds. The van der Waals surface area contributed by atoms with Crippen molar-refractivity contribution in [3.63, 3.8) is 0 Å².